The molecule has 2 N–H and O–H groups in total. The molecule has 0 spiro atoms. The topological polar surface area (TPSA) is 58.1 Å². The van der Waals surface area contributed by atoms with Crippen molar-refractivity contribution in [2.75, 3.05) is 46.5 Å². The van der Waals surface area contributed by atoms with Crippen molar-refractivity contribution < 1.29 is 9.47 Å². The lowest BCUT2D eigenvalue weighted by Gasteiger charge is -2.24. The number of methoxy groups -OCH3 is 1. The molecule has 2 rings (SSSR count). The van der Waals surface area contributed by atoms with Crippen LogP contribution in [0.25, 0.3) is 0 Å². The second kappa shape index (κ2) is 11.8. The number of ether oxygens (including phenoxy) is 2. The van der Waals surface area contributed by atoms with Crippen LogP contribution in [0.15, 0.2) is 23.2 Å². The molecule has 6 nitrogen and oxygen atoms in total. The molecular formula is C21H36N4O2. The van der Waals surface area contributed by atoms with Crippen molar-refractivity contribution in [3.05, 3.63) is 29.3 Å². The van der Waals surface area contributed by atoms with Crippen molar-refractivity contribution in [1.82, 2.24) is 15.5 Å². The number of aliphatic imine (C=N–C) groups is 1. The molecule has 152 valence electrons. The molecule has 0 aliphatic carbocycles. The maximum Gasteiger partial charge on any atom is 0.191 e. The van der Waals surface area contributed by atoms with Gasteiger partial charge in [-0.25, -0.2) is 4.99 Å². The van der Waals surface area contributed by atoms with Gasteiger partial charge in [0, 0.05) is 31.8 Å². The number of aryl methyl sites for hydroxylation is 1. The second-order valence-electron chi connectivity index (χ2n) is 6.95. The van der Waals surface area contributed by atoms with Gasteiger partial charge in [0.1, 0.15) is 12.4 Å². The molecule has 1 aromatic rings. The molecular weight excluding hydrogens is 340 g/mol. The number of benzene rings is 1. The van der Waals surface area contributed by atoms with Gasteiger partial charge in [0.25, 0.3) is 0 Å². The third-order valence-corrected chi connectivity index (χ3v) is 4.93. The number of nitrogens with one attached hydrogen (secondary N) is 2. The lowest BCUT2D eigenvalue weighted by molar-refractivity contribution is 0.145. The number of likely N-dealkylation sites (tertiary alicyclic amines) is 1. The van der Waals surface area contributed by atoms with Crippen LogP contribution in [0, 0.1) is 6.92 Å². The molecule has 0 amide bonds. The van der Waals surface area contributed by atoms with E-state index >= 15 is 0 Å². The maximum atomic E-state index is 5.88. The summed E-state index contributed by atoms with van der Waals surface area (Å²) in [6.45, 7) is 12.2. The van der Waals surface area contributed by atoms with E-state index in [1.165, 1.54) is 24.9 Å². The zero-order chi connectivity index (χ0) is 19.5. The Morgan fingerprint density at radius 3 is 2.85 bits per heavy atom. The van der Waals surface area contributed by atoms with E-state index in [1.54, 1.807) is 7.11 Å². The van der Waals surface area contributed by atoms with Crippen LogP contribution < -0.4 is 15.4 Å². The van der Waals surface area contributed by atoms with Crippen LogP contribution >= 0.6 is 0 Å². The van der Waals surface area contributed by atoms with Crippen LogP contribution in [-0.2, 0) is 11.3 Å². The summed E-state index contributed by atoms with van der Waals surface area (Å²) in [6.07, 6.45) is 2.55. The minimum atomic E-state index is 0.545. The van der Waals surface area contributed by atoms with E-state index in [-0.39, 0.29) is 0 Å². The van der Waals surface area contributed by atoms with Crippen LogP contribution in [0.5, 0.6) is 5.75 Å². The highest BCUT2D eigenvalue weighted by atomic mass is 16.5. The molecule has 0 aromatic heterocycles. The Hall–Kier alpha value is -1.79. The number of guanidine groups is 1. The fourth-order valence-corrected chi connectivity index (χ4v) is 3.42. The molecule has 0 saturated carbocycles. The summed E-state index contributed by atoms with van der Waals surface area (Å²) in [5.74, 6) is 1.75. The third-order valence-electron chi connectivity index (χ3n) is 4.93. The van der Waals surface area contributed by atoms with E-state index in [4.69, 9.17) is 14.5 Å². The van der Waals surface area contributed by atoms with Crippen molar-refractivity contribution in [2.45, 2.75) is 46.2 Å². The Balaban J connectivity index is 1.98. The quantitative estimate of drug-likeness (QED) is 0.373. The molecule has 0 bridgehead atoms. The van der Waals surface area contributed by atoms with Crippen molar-refractivity contribution >= 4 is 5.96 Å². The Bertz CT molecular complexity index is 592. The predicted molar refractivity (Wildman–Crippen MR) is 112 cm³/mol. The van der Waals surface area contributed by atoms with Gasteiger partial charge in [-0.3, -0.25) is 4.90 Å². The van der Waals surface area contributed by atoms with Crippen molar-refractivity contribution in [1.29, 1.82) is 0 Å². The zero-order valence-corrected chi connectivity index (χ0v) is 17.4. The molecule has 1 heterocycles. The standard InChI is InChI=1S/C21H36N4O2/c1-5-22-21(24-16-19-8-7-11-25(19)6-2)23-15-18-10-9-17(3)14-20(18)27-13-12-26-4/h9-10,14,19H,5-8,11-13,15-16H2,1-4H3,(H2,22,23,24). The molecule has 1 aliphatic heterocycles. The van der Waals surface area contributed by atoms with Crippen LogP contribution in [-0.4, -0.2) is 63.4 Å². The normalized spacial score (nSPS) is 17.9. The van der Waals surface area contributed by atoms with Gasteiger partial charge in [-0.05, 0) is 51.4 Å². The summed E-state index contributed by atoms with van der Waals surface area (Å²) in [4.78, 5) is 7.32. The van der Waals surface area contributed by atoms with E-state index in [1.807, 2.05) is 0 Å². The van der Waals surface area contributed by atoms with Gasteiger partial charge in [-0.2, -0.15) is 0 Å². The van der Waals surface area contributed by atoms with Gasteiger partial charge in [0.05, 0.1) is 13.2 Å². The lowest BCUT2D eigenvalue weighted by atomic mass is 10.1. The van der Waals surface area contributed by atoms with Gasteiger partial charge >= 0.3 is 0 Å². The number of nitrogens with zero attached hydrogens (tertiary/aromatic N) is 2. The first-order valence-electron chi connectivity index (χ1n) is 10.1. The first-order chi connectivity index (χ1) is 13.2. The molecule has 1 saturated heterocycles. The third kappa shape index (κ3) is 7.03. The van der Waals surface area contributed by atoms with Gasteiger partial charge in [-0.15, -0.1) is 0 Å². The highest BCUT2D eigenvalue weighted by Gasteiger charge is 2.22. The molecule has 1 aliphatic rings. The summed E-state index contributed by atoms with van der Waals surface area (Å²) in [7, 11) is 1.68. The van der Waals surface area contributed by atoms with Crippen molar-refractivity contribution in [2.24, 2.45) is 4.99 Å². The average Bonchev–Trinajstić information content (AvgIpc) is 3.13. The average molecular weight is 377 g/mol. The molecule has 1 unspecified atom stereocenters. The summed E-state index contributed by atoms with van der Waals surface area (Å²) in [5.41, 5.74) is 2.27. The highest BCUT2D eigenvalue weighted by Crippen LogP contribution is 2.21. The number of likely N-dealkylation sites (N-methyl/N-ethyl adjacent to an activating group) is 1. The Kier molecular flexibility index (Phi) is 9.42. The van der Waals surface area contributed by atoms with Crippen LogP contribution in [0.1, 0.15) is 37.8 Å². The van der Waals surface area contributed by atoms with Crippen molar-refractivity contribution in [3.63, 3.8) is 0 Å². The van der Waals surface area contributed by atoms with Crippen LogP contribution in [0.3, 0.4) is 0 Å². The highest BCUT2D eigenvalue weighted by molar-refractivity contribution is 5.79. The second-order valence-corrected chi connectivity index (χ2v) is 6.95. The van der Waals surface area contributed by atoms with Crippen molar-refractivity contribution in [3.8, 4) is 5.75 Å². The van der Waals surface area contributed by atoms with E-state index in [2.05, 4.69) is 54.5 Å². The van der Waals surface area contributed by atoms with Crippen LogP contribution in [0.4, 0.5) is 0 Å². The van der Waals surface area contributed by atoms with E-state index in [0.717, 1.165) is 36.9 Å². The largest absolute Gasteiger partial charge is 0.491 e. The van der Waals surface area contributed by atoms with E-state index < -0.39 is 0 Å². The zero-order valence-electron chi connectivity index (χ0n) is 17.4. The minimum Gasteiger partial charge on any atom is -0.491 e. The van der Waals surface area contributed by atoms with Gasteiger partial charge in [0.2, 0.25) is 0 Å². The summed E-state index contributed by atoms with van der Waals surface area (Å²) < 4.78 is 11.0. The minimum absolute atomic E-state index is 0.545. The Morgan fingerprint density at radius 1 is 1.26 bits per heavy atom. The first kappa shape index (κ1) is 21.5. The smallest absolute Gasteiger partial charge is 0.191 e. The monoisotopic (exact) mass is 376 g/mol. The van der Waals surface area contributed by atoms with Crippen LogP contribution in [0.2, 0.25) is 0 Å². The van der Waals surface area contributed by atoms with Gasteiger partial charge in [-0.1, -0.05) is 19.1 Å². The summed E-state index contributed by atoms with van der Waals surface area (Å²) in [5, 5.41) is 6.87. The lowest BCUT2D eigenvalue weighted by Crippen LogP contribution is -2.44. The summed E-state index contributed by atoms with van der Waals surface area (Å²) in [6, 6.07) is 6.87. The maximum absolute atomic E-state index is 5.88. The van der Waals surface area contributed by atoms with E-state index in [9.17, 15) is 0 Å². The Morgan fingerprint density at radius 2 is 2.11 bits per heavy atom. The molecule has 6 heteroatoms. The predicted octanol–water partition coefficient (Wildman–Crippen LogP) is 2.56. The SMILES string of the molecule is CCNC(=NCc1ccc(C)cc1OCCOC)NCC1CCCN1CC. The van der Waals surface area contributed by atoms with E-state index in [0.29, 0.717) is 25.8 Å². The van der Waals surface area contributed by atoms with Gasteiger partial charge in [0.15, 0.2) is 5.96 Å². The Labute approximate surface area is 164 Å². The number of hydrogen-bond acceptors (Lipinski definition) is 4. The molecule has 1 fully saturated rings. The van der Waals surface area contributed by atoms with Gasteiger partial charge < -0.3 is 20.1 Å². The number of rotatable bonds is 10. The fraction of sp³-hybridized carbons (Fsp3) is 0.667. The number of hydrogen-bond donors (Lipinski definition) is 2. The molecule has 27 heavy (non-hydrogen) atoms. The fourth-order valence-electron chi connectivity index (χ4n) is 3.42. The summed E-state index contributed by atoms with van der Waals surface area (Å²) >= 11 is 0. The molecule has 0 radical (unpaired) electrons. The molecule has 1 aromatic carbocycles. The first-order valence-corrected chi connectivity index (χ1v) is 10.1. The molecule has 1 atom stereocenters.